The number of hydrogen-bond donors (Lipinski definition) is 1. The highest BCUT2D eigenvalue weighted by molar-refractivity contribution is 7.89. The molecule has 2 unspecified atom stereocenters. The maximum absolute atomic E-state index is 11.7. The highest BCUT2D eigenvalue weighted by Gasteiger charge is 2.33. The Bertz CT molecular complexity index is 594. The lowest BCUT2D eigenvalue weighted by Crippen LogP contribution is -2.22. The summed E-state index contributed by atoms with van der Waals surface area (Å²) in [4.78, 5) is 6.79. The summed E-state index contributed by atoms with van der Waals surface area (Å²) in [7, 11) is -2.00. The first-order chi connectivity index (χ1) is 9.60. The summed E-state index contributed by atoms with van der Waals surface area (Å²) in [6, 6.07) is 3.42. The van der Waals surface area contributed by atoms with Gasteiger partial charge < -0.3 is 4.90 Å². The van der Waals surface area contributed by atoms with Crippen molar-refractivity contribution in [2.24, 2.45) is 11.8 Å². The molecule has 1 N–H and O–H groups in total. The number of sulfonamides is 1. The number of nitrogens with zero attached hydrogens (tertiary/aromatic N) is 2. The fourth-order valence-electron chi connectivity index (χ4n) is 3.04. The Hall–Kier alpha value is -1.40. The van der Waals surface area contributed by atoms with Crippen LogP contribution in [0.25, 0.3) is 0 Å². The van der Waals surface area contributed by atoms with E-state index in [2.05, 4.69) is 26.8 Å². The van der Waals surface area contributed by atoms with Crippen molar-refractivity contribution in [3.63, 3.8) is 0 Å². The van der Waals surface area contributed by atoms with Gasteiger partial charge in [-0.05, 0) is 43.9 Å². The van der Waals surface area contributed by atoms with Crippen LogP contribution in [-0.2, 0) is 10.0 Å². The molecule has 0 radical (unpaired) electrons. The van der Waals surface area contributed by atoms with E-state index in [0.717, 1.165) is 31.7 Å². The van der Waals surface area contributed by atoms with E-state index in [0.29, 0.717) is 11.8 Å². The molecule has 0 amide bonds. The second-order valence-electron chi connectivity index (χ2n) is 5.43. The van der Waals surface area contributed by atoms with Gasteiger partial charge in [-0.1, -0.05) is 12.2 Å². The Morgan fingerprint density at radius 3 is 2.35 bits per heavy atom. The summed E-state index contributed by atoms with van der Waals surface area (Å²) < 4.78 is 25.6. The van der Waals surface area contributed by atoms with Gasteiger partial charge in [0.15, 0.2) is 0 Å². The van der Waals surface area contributed by atoms with Gasteiger partial charge in [0.25, 0.3) is 0 Å². The van der Waals surface area contributed by atoms with Crippen LogP contribution in [-0.4, -0.2) is 33.5 Å². The summed E-state index contributed by atoms with van der Waals surface area (Å²) in [6.07, 6.45) is 8.25. The van der Waals surface area contributed by atoms with Crippen LogP contribution in [0.15, 0.2) is 35.4 Å². The molecule has 0 bridgehead atoms. The van der Waals surface area contributed by atoms with Gasteiger partial charge in [0.05, 0.1) is 0 Å². The number of fused-ring (bicyclic) bond motifs is 1. The van der Waals surface area contributed by atoms with Crippen molar-refractivity contribution in [2.75, 3.05) is 25.0 Å². The molecule has 0 spiro atoms. The van der Waals surface area contributed by atoms with Gasteiger partial charge in [0, 0.05) is 19.3 Å². The quantitative estimate of drug-likeness (QED) is 0.856. The number of pyridine rings is 1. The lowest BCUT2D eigenvalue weighted by Gasteiger charge is -2.17. The van der Waals surface area contributed by atoms with Crippen molar-refractivity contribution >= 4 is 15.8 Å². The smallest absolute Gasteiger partial charge is 0.241 e. The third kappa shape index (κ3) is 2.45. The number of nitrogens with one attached hydrogen (secondary N) is 1. The van der Waals surface area contributed by atoms with Crippen LogP contribution >= 0.6 is 0 Å². The second-order valence-corrected chi connectivity index (χ2v) is 7.31. The van der Waals surface area contributed by atoms with E-state index >= 15 is 0 Å². The van der Waals surface area contributed by atoms with E-state index in [4.69, 9.17) is 0 Å². The Morgan fingerprint density at radius 2 is 1.85 bits per heavy atom. The van der Waals surface area contributed by atoms with E-state index in [-0.39, 0.29) is 4.90 Å². The third-order valence-electron chi connectivity index (χ3n) is 4.24. The van der Waals surface area contributed by atoms with Crippen molar-refractivity contribution in [3.8, 4) is 0 Å². The maximum atomic E-state index is 11.7. The zero-order valence-electron chi connectivity index (χ0n) is 11.5. The minimum atomic E-state index is -3.40. The van der Waals surface area contributed by atoms with E-state index in [1.165, 1.54) is 13.2 Å². The molecule has 0 saturated carbocycles. The first kappa shape index (κ1) is 13.6. The van der Waals surface area contributed by atoms with Crippen LogP contribution in [0.1, 0.15) is 12.8 Å². The van der Waals surface area contributed by atoms with Crippen molar-refractivity contribution < 1.29 is 8.42 Å². The molecule has 1 aromatic heterocycles. The molecule has 0 aromatic carbocycles. The minimum absolute atomic E-state index is 0.210. The fourth-order valence-corrected chi connectivity index (χ4v) is 3.71. The van der Waals surface area contributed by atoms with E-state index < -0.39 is 10.0 Å². The fraction of sp³-hybridized carbons (Fsp3) is 0.500. The van der Waals surface area contributed by atoms with Gasteiger partial charge in [-0.25, -0.2) is 18.1 Å². The lowest BCUT2D eigenvalue weighted by atomic mass is 9.86. The average molecular weight is 293 g/mol. The first-order valence-corrected chi connectivity index (χ1v) is 8.38. The molecule has 1 saturated heterocycles. The minimum Gasteiger partial charge on any atom is -0.356 e. The molecule has 1 fully saturated rings. The molecule has 1 aliphatic carbocycles. The van der Waals surface area contributed by atoms with Crippen molar-refractivity contribution in [2.45, 2.75) is 17.7 Å². The molecule has 108 valence electrons. The number of hydrogen-bond acceptors (Lipinski definition) is 4. The van der Waals surface area contributed by atoms with Crippen molar-refractivity contribution in [3.05, 3.63) is 30.5 Å². The molecule has 5 nitrogen and oxygen atoms in total. The van der Waals surface area contributed by atoms with Crippen LogP contribution in [0.2, 0.25) is 0 Å². The molecule has 6 heteroatoms. The molecule has 2 heterocycles. The number of aromatic nitrogens is 1. The summed E-state index contributed by atoms with van der Waals surface area (Å²) in [5, 5.41) is 0. The van der Waals surface area contributed by atoms with Crippen LogP contribution < -0.4 is 9.62 Å². The molecule has 2 atom stereocenters. The van der Waals surface area contributed by atoms with Crippen LogP contribution in [0.5, 0.6) is 0 Å². The largest absolute Gasteiger partial charge is 0.356 e. The maximum Gasteiger partial charge on any atom is 0.241 e. The predicted octanol–water partition coefficient (Wildman–Crippen LogP) is 1.39. The van der Waals surface area contributed by atoms with Gasteiger partial charge in [-0.3, -0.25) is 0 Å². The topological polar surface area (TPSA) is 62.3 Å². The number of allylic oxidation sites excluding steroid dienone is 2. The molecule has 2 aliphatic rings. The molecular weight excluding hydrogens is 274 g/mol. The van der Waals surface area contributed by atoms with Gasteiger partial charge in [0.1, 0.15) is 10.7 Å². The Labute approximate surface area is 119 Å². The monoisotopic (exact) mass is 293 g/mol. The molecule has 3 rings (SSSR count). The van der Waals surface area contributed by atoms with E-state index in [9.17, 15) is 8.42 Å². The van der Waals surface area contributed by atoms with Crippen LogP contribution in [0, 0.1) is 11.8 Å². The number of rotatable bonds is 3. The third-order valence-corrected chi connectivity index (χ3v) is 5.64. The zero-order chi connectivity index (χ0) is 14.2. The molecule has 1 aliphatic heterocycles. The summed E-state index contributed by atoms with van der Waals surface area (Å²) in [5.41, 5.74) is 0. The predicted molar refractivity (Wildman–Crippen MR) is 78.0 cm³/mol. The van der Waals surface area contributed by atoms with Crippen molar-refractivity contribution in [1.29, 1.82) is 0 Å². The van der Waals surface area contributed by atoms with Crippen LogP contribution in [0.4, 0.5) is 5.82 Å². The summed E-state index contributed by atoms with van der Waals surface area (Å²) in [5.74, 6) is 2.29. The van der Waals surface area contributed by atoms with E-state index in [1.807, 2.05) is 0 Å². The molecule has 1 aromatic rings. The average Bonchev–Trinajstić information content (AvgIpc) is 2.91. The van der Waals surface area contributed by atoms with Crippen LogP contribution in [0.3, 0.4) is 0 Å². The van der Waals surface area contributed by atoms with E-state index in [1.54, 1.807) is 12.1 Å². The lowest BCUT2D eigenvalue weighted by molar-refractivity contribution is 0.411. The Balaban J connectivity index is 1.76. The highest BCUT2D eigenvalue weighted by atomic mass is 32.2. The Kier molecular flexibility index (Phi) is 3.52. The zero-order valence-corrected chi connectivity index (χ0v) is 12.3. The van der Waals surface area contributed by atoms with Gasteiger partial charge in [0.2, 0.25) is 10.0 Å². The molecule has 20 heavy (non-hydrogen) atoms. The highest BCUT2D eigenvalue weighted by Crippen LogP contribution is 2.34. The van der Waals surface area contributed by atoms with Gasteiger partial charge in [-0.15, -0.1) is 0 Å². The number of anilines is 1. The summed E-state index contributed by atoms with van der Waals surface area (Å²) >= 11 is 0. The standard InChI is InChI=1S/C14H19N3O2S/c1-15-20(18,19)13-6-7-14(16-8-13)17-9-11-4-2-3-5-12(11)10-17/h2-3,6-8,11-12,15H,4-5,9-10H2,1H3. The van der Waals surface area contributed by atoms with Gasteiger partial charge in [-0.2, -0.15) is 0 Å². The SMILES string of the molecule is CNS(=O)(=O)c1ccc(N2CC3CC=CCC3C2)nc1. The van der Waals surface area contributed by atoms with Gasteiger partial charge >= 0.3 is 0 Å². The first-order valence-electron chi connectivity index (χ1n) is 6.89. The van der Waals surface area contributed by atoms with Crippen molar-refractivity contribution in [1.82, 2.24) is 9.71 Å². The normalized spacial score (nSPS) is 25.8. The second kappa shape index (κ2) is 5.18. The Morgan fingerprint density at radius 1 is 1.20 bits per heavy atom. The molecular formula is C14H19N3O2S. The summed E-state index contributed by atoms with van der Waals surface area (Å²) in [6.45, 7) is 2.03.